The van der Waals surface area contributed by atoms with Crippen LogP contribution in [0, 0.1) is 16.1 Å². The van der Waals surface area contributed by atoms with Gasteiger partial charge >= 0.3 is 11.8 Å². The number of rotatable bonds is 3. The summed E-state index contributed by atoms with van der Waals surface area (Å²) in [5.74, 6) is -2.81. The smallest absolute Gasteiger partial charge is 0.358 e. The predicted octanol–water partition coefficient (Wildman–Crippen LogP) is 2.45. The van der Waals surface area contributed by atoms with E-state index in [1.807, 2.05) is 0 Å². The highest BCUT2D eigenvalue weighted by Crippen LogP contribution is 2.28. The molecule has 16 heavy (non-hydrogen) atoms. The van der Waals surface area contributed by atoms with Crippen molar-refractivity contribution in [3.8, 4) is 0 Å². The maximum absolute atomic E-state index is 13.0. The Morgan fingerprint density at radius 3 is 2.50 bits per heavy atom. The van der Waals surface area contributed by atoms with Gasteiger partial charge in [0.1, 0.15) is 5.56 Å². The van der Waals surface area contributed by atoms with Gasteiger partial charge in [0.25, 0.3) is 11.7 Å². The van der Waals surface area contributed by atoms with Crippen LogP contribution < -0.4 is 0 Å². The number of aromatic nitrogens is 1. The molecule has 0 saturated heterocycles. The van der Waals surface area contributed by atoms with Crippen molar-refractivity contribution < 1.29 is 22.9 Å². The van der Waals surface area contributed by atoms with Crippen molar-refractivity contribution in [2.75, 3.05) is 0 Å². The molecule has 1 aromatic rings. The van der Waals surface area contributed by atoms with Gasteiger partial charge in [-0.05, 0) is 21.5 Å². The Morgan fingerprint density at radius 1 is 1.56 bits per heavy atom. The first-order valence-corrected chi connectivity index (χ1v) is 4.05. The lowest BCUT2D eigenvalue weighted by atomic mass is 10.1. The molecule has 0 unspecified atom stereocenters. The molecule has 1 aromatic heterocycles. The molecule has 0 atom stereocenters. The summed E-state index contributed by atoms with van der Waals surface area (Å²) in [5.41, 5.74) is -2.30. The van der Waals surface area contributed by atoms with E-state index in [9.17, 15) is 28.1 Å². The van der Waals surface area contributed by atoms with Crippen molar-refractivity contribution in [3.05, 3.63) is 33.3 Å². The minimum Gasteiger partial charge on any atom is -0.358 e. The Kier molecular flexibility index (Phi) is 3.43. The third-order valence-corrected chi connectivity index (χ3v) is 1.80. The number of carbonyl (C=O) groups excluding carboxylic acids is 1. The van der Waals surface area contributed by atoms with Gasteiger partial charge < -0.3 is 10.1 Å². The van der Waals surface area contributed by atoms with Crippen molar-refractivity contribution in [2.45, 2.75) is 6.43 Å². The number of hydrogen-bond acceptors (Lipinski definition) is 4. The second-order valence-electron chi connectivity index (χ2n) is 2.57. The Morgan fingerprint density at radius 2 is 2.12 bits per heavy atom. The van der Waals surface area contributed by atoms with E-state index in [0.29, 0.717) is 6.07 Å². The molecule has 0 N–H and O–H groups in total. The van der Waals surface area contributed by atoms with E-state index in [-0.39, 0.29) is 0 Å². The van der Waals surface area contributed by atoms with Gasteiger partial charge in [-0.15, -0.1) is 0 Å². The van der Waals surface area contributed by atoms with Crippen LogP contribution in [-0.4, -0.2) is 15.1 Å². The van der Waals surface area contributed by atoms with E-state index in [1.165, 1.54) is 0 Å². The summed E-state index contributed by atoms with van der Waals surface area (Å²) in [5, 5.41) is 8.73. The lowest BCUT2D eigenvalue weighted by Gasteiger charge is -2.03. The normalized spacial score (nSPS) is 10.6. The molecular formula is C7H2ClF3N2O3. The van der Waals surface area contributed by atoms with Crippen LogP contribution in [0.1, 0.15) is 22.3 Å². The second-order valence-corrected chi connectivity index (χ2v) is 2.91. The zero-order chi connectivity index (χ0) is 12.5. The van der Waals surface area contributed by atoms with Crippen molar-refractivity contribution in [3.63, 3.8) is 0 Å². The molecule has 9 heteroatoms. The van der Waals surface area contributed by atoms with Crippen LogP contribution in [0.5, 0.6) is 0 Å². The molecule has 0 amide bonds. The van der Waals surface area contributed by atoms with Crippen LogP contribution in [0.3, 0.4) is 0 Å². The zero-order valence-electron chi connectivity index (χ0n) is 7.29. The average molecular weight is 255 g/mol. The van der Waals surface area contributed by atoms with Gasteiger partial charge in [0.15, 0.2) is 0 Å². The van der Waals surface area contributed by atoms with Crippen LogP contribution in [-0.2, 0) is 0 Å². The molecule has 0 aliphatic carbocycles. The molecule has 1 rings (SSSR count). The highest BCUT2D eigenvalue weighted by molar-refractivity contribution is 6.67. The van der Waals surface area contributed by atoms with Crippen LogP contribution in [0.25, 0.3) is 0 Å². The van der Waals surface area contributed by atoms with Crippen molar-refractivity contribution in [1.82, 2.24) is 4.98 Å². The fourth-order valence-electron chi connectivity index (χ4n) is 0.979. The van der Waals surface area contributed by atoms with Gasteiger partial charge in [0, 0.05) is 11.6 Å². The SMILES string of the molecule is O=C(Cl)c1c(C(F)F)cc([N+](=O)[O-])nc1F. The molecule has 0 aliphatic rings. The summed E-state index contributed by atoms with van der Waals surface area (Å²) in [4.78, 5) is 22.5. The summed E-state index contributed by atoms with van der Waals surface area (Å²) in [6, 6.07) is 0.309. The first-order chi connectivity index (χ1) is 7.34. The van der Waals surface area contributed by atoms with Crippen LogP contribution in [0.2, 0.25) is 0 Å². The molecular weight excluding hydrogens is 253 g/mol. The quantitative estimate of drug-likeness (QED) is 0.359. The summed E-state index contributed by atoms with van der Waals surface area (Å²) >= 11 is 4.87. The van der Waals surface area contributed by atoms with Gasteiger partial charge in [-0.2, -0.15) is 4.39 Å². The molecule has 0 aliphatic heterocycles. The second kappa shape index (κ2) is 4.44. The van der Waals surface area contributed by atoms with Crippen molar-refractivity contribution >= 4 is 22.7 Å². The number of pyridine rings is 1. The Hall–Kier alpha value is -1.70. The van der Waals surface area contributed by atoms with Crippen molar-refractivity contribution in [1.29, 1.82) is 0 Å². The van der Waals surface area contributed by atoms with E-state index in [0.717, 1.165) is 0 Å². The van der Waals surface area contributed by atoms with Crippen LogP contribution in [0.15, 0.2) is 6.07 Å². The highest BCUT2D eigenvalue weighted by atomic mass is 35.5. The number of nitro groups is 1. The van der Waals surface area contributed by atoms with Crippen LogP contribution >= 0.6 is 11.6 Å². The lowest BCUT2D eigenvalue weighted by molar-refractivity contribution is -0.390. The molecule has 0 saturated carbocycles. The van der Waals surface area contributed by atoms with Gasteiger partial charge in [0.2, 0.25) is 0 Å². The standard InChI is InChI=1S/C7H2ClF3N2O3/c8-5(14)4-2(6(9)10)1-3(13(15)16)12-7(4)11/h1,6H. The Labute approximate surface area is 91.0 Å². The molecule has 0 fully saturated rings. The number of hydrogen-bond donors (Lipinski definition) is 0. The van der Waals surface area contributed by atoms with E-state index < -0.39 is 39.5 Å². The maximum atomic E-state index is 13.0. The molecule has 1 heterocycles. The predicted molar refractivity (Wildman–Crippen MR) is 46.0 cm³/mol. The molecule has 0 spiro atoms. The largest absolute Gasteiger partial charge is 0.367 e. The maximum Gasteiger partial charge on any atom is 0.367 e. The molecule has 86 valence electrons. The Bertz CT molecular complexity index is 466. The van der Waals surface area contributed by atoms with Crippen LogP contribution in [0.4, 0.5) is 19.0 Å². The van der Waals surface area contributed by atoms with E-state index in [1.54, 1.807) is 0 Å². The van der Waals surface area contributed by atoms with E-state index in [4.69, 9.17) is 11.6 Å². The van der Waals surface area contributed by atoms with Gasteiger partial charge in [-0.3, -0.25) is 4.79 Å². The molecule has 0 bridgehead atoms. The molecule has 5 nitrogen and oxygen atoms in total. The fourth-order valence-corrected chi connectivity index (χ4v) is 1.17. The minimum absolute atomic E-state index is 0.309. The summed E-state index contributed by atoms with van der Waals surface area (Å²) < 4.78 is 37.8. The third-order valence-electron chi connectivity index (χ3n) is 1.61. The fraction of sp³-hybridized carbons (Fsp3) is 0.143. The summed E-state index contributed by atoms with van der Waals surface area (Å²) in [7, 11) is 0. The number of carbonyl (C=O) groups is 1. The molecule has 0 aromatic carbocycles. The zero-order valence-corrected chi connectivity index (χ0v) is 8.04. The number of alkyl halides is 2. The van der Waals surface area contributed by atoms with Gasteiger partial charge in [0.05, 0.1) is 0 Å². The van der Waals surface area contributed by atoms with Gasteiger partial charge in [-0.1, -0.05) is 0 Å². The van der Waals surface area contributed by atoms with Crippen molar-refractivity contribution in [2.24, 2.45) is 0 Å². The topological polar surface area (TPSA) is 73.1 Å². The van der Waals surface area contributed by atoms with Gasteiger partial charge in [-0.25, -0.2) is 8.78 Å². The first kappa shape index (κ1) is 12.4. The Balaban J connectivity index is 3.51. The lowest BCUT2D eigenvalue weighted by Crippen LogP contribution is -2.07. The third kappa shape index (κ3) is 2.27. The van der Waals surface area contributed by atoms with E-state index >= 15 is 0 Å². The minimum atomic E-state index is -3.27. The number of nitrogens with zero attached hydrogens (tertiary/aromatic N) is 2. The average Bonchev–Trinajstić information content (AvgIpc) is 2.15. The van der Waals surface area contributed by atoms with E-state index in [2.05, 4.69) is 4.98 Å². The number of halogens is 4. The highest BCUT2D eigenvalue weighted by Gasteiger charge is 2.29. The molecule has 0 radical (unpaired) electrons. The first-order valence-electron chi connectivity index (χ1n) is 3.67. The summed E-state index contributed by atoms with van der Waals surface area (Å²) in [6.45, 7) is 0. The summed E-state index contributed by atoms with van der Waals surface area (Å²) in [6.07, 6.45) is -3.27. The monoisotopic (exact) mass is 254 g/mol.